The second-order valence-corrected chi connectivity index (χ2v) is 24.7. The molecule has 2 aromatic carbocycles. The predicted octanol–water partition coefficient (Wildman–Crippen LogP) is 12.9. The largest absolute Gasteiger partial charge is 0.493 e. The van der Waals surface area contributed by atoms with Gasteiger partial charge in [0, 0.05) is 60.6 Å². The number of benzene rings is 2. The first-order chi connectivity index (χ1) is 36.4. The molecule has 6 rings (SSSR count). The van der Waals surface area contributed by atoms with Crippen LogP contribution in [0.25, 0.3) is 22.5 Å². The average molecular weight is 1080 g/mol. The maximum atomic E-state index is 12.6. The minimum atomic E-state index is -1.22. The number of aromatic carboxylic acids is 2. The molecule has 2 aliphatic rings. The van der Waals surface area contributed by atoms with Crippen LogP contribution in [0.15, 0.2) is 58.4 Å². The lowest BCUT2D eigenvalue weighted by Crippen LogP contribution is -2.32. The van der Waals surface area contributed by atoms with Gasteiger partial charge in [-0.1, -0.05) is 80.1 Å². The number of carboxylic acid groups (broad SMARTS) is 2. The van der Waals surface area contributed by atoms with Gasteiger partial charge in [-0.05, 0) is 126 Å². The Kier molecular flexibility index (Phi) is 21.1. The first-order valence-electron chi connectivity index (χ1n) is 27.5. The Morgan fingerprint density at radius 2 is 0.821 bits per heavy atom. The van der Waals surface area contributed by atoms with Gasteiger partial charge in [-0.3, -0.25) is 19.2 Å². The Morgan fingerprint density at radius 1 is 0.487 bits per heavy atom. The maximum Gasteiger partial charge on any atom is 0.341 e. The van der Waals surface area contributed by atoms with Crippen molar-refractivity contribution in [1.29, 1.82) is 0 Å². The van der Waals surface area contributed by atoms with Crippen molar-refractivity contribution in [3.63, 3.8) is 0 Å². The molecule has 2 aromatic heterocycles. The zero-order chi connectivity index (χ0) is 57.9. The first kappa shape index (κ1) is 62.3. The van der Waals surface area contributed by atoms with Crippen LogP contribution in [0.2, 0.25) is 0 Å². The standard InChI is InChI=1S/2C31H43NO7/c2*1-30(2,3)27-16-20-15-26(38-14-12-10-8-9-11-13-28(34)39-31(4,5)6)25(37-7)17-21(20)23-18-24(33)22(29(35)36)19-32(23)27/h2*15,17-19,27H,8-14,16H2,1-7H3,(H,35,36)/t2*27-/m10/s1. The molecule has 16 heteroatoms. The van der Waals surface area contributed by atoms with Crippen molar-refractivity contribution in [2.45, 2.75) is 196 Å². The van der Waals surface area contributed by atoms with E-state index in [1.54, 1.807) is 14.2 Å². The average Bonchev–Trinajstić information content (AvgIpc) is 3.33. The molecule has 16 nitrogen and oxygen atoms in total. The number of esters is 2. The molecular weight excluding hydrogens is 997 g/mol. The first-order valence-corrected chi connectivity index (χ1v) is 27.5. The van der Waals surface area contributed by atoms with Gasteiger partial charge in [0.15, 0.2) is 33.9 Å². The summed E-state index contributed by atoms with van der Waals surface area (Å²) in [6.45, 7) is 25.0. The number of nitrogens with zero attached hydrogens (tertiary/aromatic N) is 2. The molecule has 0 unspecified atom stereocenters. The van der Waals surface area contributed by atoms with E-state index in [-0.39, 0.29) is 46.0 Å². The Morgan fingerprint density at radius 3 is 1.13 bits per heavy atom. The van der Waals surface area contributed by atoms with Crippen LogP contribution >= 0.6 is 0 Å². The number of methoxy groups -OCH3 is 2. The van der Waals surface area contributed by atoms with E-state index in [1.165, 1.54) is 24.5 Å². The van der Waals surface area contributed by atoms with Crippen LogP contribution in [0.3, 0.4) is 0 Å². The number of aromatic nitrogens is 2. The van der Waals surface area contributed by atoms with E-state index in [0.717, 1.165) is 86.5 Å². The number of ether oxygens (including phenoxy) is 6. The number of carboxylic acids is 2. The van der Waals surface area contributed by atoms with E-state index in [0.29, 0.717) is 73.3 Å². The number of hydrogen-bond acceptors (Lipinski definition) is 12. The summed E-state index contributed by atoms with van der Waals surface area (Å²) in [7, 11) is 3.17. The smallest absolute Gasteiger partial charge is 0.341 e. The molecule has 78 heavy (non-hydrogen) atoms. The van der Waals surface area contributed by atoms with Crippen LogP contribution in [0.5, 0.6) is 23.0 Å². The van der Waals surface area contributed by atoms with E-state index < -0.39 is 34.0 Å². The van der Waals surface area contributed by atoms with Crippen molar-refractivity contribution in [2.75, 3.05) is 27.4 Å². The summed E-state index contributed by atoms with van der Waals surface area (Å²) in [4.78, 5) is 72.2. The number of pyridine rings is 2. The Balaban J connectivity index is 0.000000287. The minimum absolute atomic E-state index is 0.0411. The van der Waals surface area contributed by atoms with E-state index in [2.05, 4.69) is 41.5 Å². The van der Waals surface area contributed by atoms with Gasteiger partial charge in [0.25, 0.3) is 0 Å². The van der Waals surface area contributed by atoms with Crippen LogP contribution in [0.4, 0.5) is 0 Å². The predicted molar refractivity (Wildman–Crippen MR) is 302 cm³/mol. The molecule has 0 radical (unpaired) electrons. The molecule has 0 spiro atoms. The molecule has 2 atom stereocenters. The van der Waals surface area contributed by atoms with Gasteiger partial charge >= 0.3 is 23.9 Å². The zero-order valence-corrected chi connectivity index (χ0v) is 48.8. The number of carbonyl (C=O) groups is 4. The molecular formula is C62H86N2O14. The summed E-state index contributed by atoms with van der Waals surface area (Å²) >= 11 is 0. The molecule has 0 bridgehead atoms. The van der Waals surface area contributed by atoms with Crippen molar-refractivity contribution in [1.82, 2.24) is 9.13 Å². The van der Waals surface area contributed by atoms with Gasteiger partial charge in [0.05, 0.1) is 38.8 Å². The minimum Gasteiger partial charge on any atom is -0.493 e. The fraction of sp³-hybridized carbons (Fsp3) is 0.581. The topological polar surface area (TPSA) is 208 Å². The molecule has 0 aliphatic carbocycles. The van der Waals surface area contributed by atoms with Gasteiger partial charge in [-0.15, -0.1) is 0 Å². The fourth-order valence-corrected chi connectivity index (χ4v) is 9.94. The van der Waals surface area contributed by atoms with Gasteiger partial charge in [-0.2, -0.15) is 0 Å². The van der Waals surface area contributed by atoms with E-state index >= 15 is 0 Å². The number of fused-ring (bicyclic) bond motifs is 6. The van der Waals surface area contributed by atoms with Crippen molar-refractivity contribution >= 4 is 23.9 Å². The summed E-state index contributed by atoms with van der Waals surface area (Å²) in [5, 5.41) is 19.0. The highest BCUT2D eigenvalue weighted by Gasteiger charge is 2.36. The summed E-state index contributed by atoms with van der Waals surface area (Å²) in [6.07, 6.45) is 14.6. The lowest BCUT2D eigenvalue weighted by atomic mass is 9.78. The second-order valence-electron chi connectivity index (χ2n) is 24.7. The van der Waals surface area contributed by atoms with Crippen LogP contribution in [0, 0.1) is 10.8 Å². The van der Waals surface area contributed by atoms with Crippen LogP contribution in [-0.2, 0) is 31.9 Å². The van der Waals surface area contributed by atoms with E-state index in [4.69, 9.17) is 28.4 Å². The lowest BCUT2D eigenvalue weighted by Gasteiger charge is -2.39. The molecule has 0 fully saturated rings. The van der Waals surface area contributed by atoms with E-state index in [1.807, 2.05) is 74.9 Å². The van der Waals surface area contributed by atoms with Gasteiger partial charge < -0.3 is 47.8 Å². The highest BCUT2D eigenvalue weighted by Crippen LogP contribution is 2.47. The lowest BCUT2D eigenvalue weighted by molar-refractivity contribution is -0.156. The maximum absolute atomic E-state index is 12.6. The zero-order valence-electron chi connectivity index (χ0n) is 48.8. The monoisotopic (exact) mass is 1080 g/mol. The normalized spacial score (nSPS) is 14.8. The molecule has 2 N–H and O–H groups in total. The van der Waals surface area contributed by atoms with Crippen molar-refractivity contribution in [2.24, 2.45) is 10.8 Å². The summed E-state index contributed by atoms with van der Waals surface area (Å²) in [5.41, 5.74) is 2.41. The van der Waals surface area contributed by atoms with Crippen LogP contribution < -0.4 is 29.8 Å². The third-order valence-electron chi connectivity index (χ3n) is 13.9. The fourth-order valence-electron chi connectivity index (χ4n) is 9.94. The van der Waals surface area contributed by atoms with Gasteiger partial charge in [0.1, 0.15) is 22.3 Å². The second kappa shape index (κ2) is 26.4. The molecule has 2 aliphatic heterocycles. The highest BCUT2D eigenvalue weighted by atomic mass is 16.6. The molecule has 0 saturated carbocycles. The Labute approximate surface area is 460 Å². The highest BCUT2D eigenvalue weighted by molar-refractivity contribution is 5.88. The van der Waals surface area contributed by atoms with Crippen LogP contribution in [-0.4, -0.2) is 81.9 Å². The molecule has 428 valence electrons. The third kappa shape index (κ3) is 17.2. The number of hydrogen-bond donors (Lipinski definition) is 2. The van der Waals surface area contributed by atoms with Crippen molar-refractivity contribution in [3.8, 4) is 45.5 Å². The number of rotatable bonds is 22. The molecule has 0 amide bonds. The summed E-state index contributed by atoms with van der Waals surface area (Å²) in [6, 6.07) is 10.5. The van der Waals surface area contributed by atoms with Crippen LogP contribution in [0.1, 0.15) is 204 Å². The SMILES string of the molecule is COc1cc2c(cc1OCCCCCCCC(=O)OC(C)(C)C)C[C@@H](C(C)(C)C)n1cc(C(=O)O)c(=O)cc1-2.COc1cc2c(cc1OCCCCCCCC(=O)OC(C)(C)C)C[C@H](C(C)(C)C)n1cc(C(=O)O)c(=O)cc1-2. The van der Waals surface area contributed by atoms with Gasteiger partial charge in [0.2, 0.25) is 0 Å². The third-order valence-corrected chi connectivity index (χ3v) is 13.9. The molecule has 0 saturated heterocycles. The Hall–Kier alpha value is -6.58. The molecule has 4 aromatic rings. The van der Waals surface area contributed by atoms with E-state index in [9.17, 15) is 39.0 Å². The Bertz CT molecular complexity index is 2690. The number of carbonyl (C=O) groups excluding carboxylic acids is 2. The van der Waals surface area contributed by atoms with Crippen molar-refractivity contribution in [3.05, 3.63) is 91.5 Å². The molecule has 4 heterocycles. The summed E-state index contributed by atoms with van der Waals surface area (Å²) < 4.78 is 38.1. The van der Waals surface area contributed by atoms with Gasteiger partial charge in [-0.25, -0.2) is 9.59 Å². The number of unbranched alkanes of at least 4 members (excludes halogenated alkanes) is 8. The quantitative estimate of drug-likeness (QED) is 0.0554. The summed E-state index contributed by atoms with van der Waals surface area (Å²) in [5.74, 6) is -0.277. The van der Waals surface area contributed by atoms with Crippen molar-refractivity contribution < 1.29 is 57.8 Å².